The molecule has 0 unspecified atom stereocenters. The van der Waals surface area contributed by atoms with Crippen molar-refractivity contribution in [1.82, 2.24) is 9.80 Å². The summed E-state index contributed by atoms with van der Waals surface area (Å²) < 4.78 is 33.2. The Morgan fingerprint density at radius 3 is 2.09 bits per heavy atom. The summed E-state index contributed by atoms with van der Waals surface area (Å²) in [6.45, 7) is 8.58. The minimum atomic E-state index is -3.76. The van der Waals surface area contributed by atoms with Crippen molar-refractivity contribution in [3.8, 4) is 5.75 Å². The van der Waals surface area contributed by atoms with Crippen molar-refractivity contribution in [2.75, 3.05) is 37.5 Å². The monoisotopic (exact) mass is 487 g/mol. The highest BCUT2D eigenvalue weighted by Crippen LogP contribution is 2.20. The molecule has 0 spiro atoms. The molecule has 1 N–H and O–H groups in total. The van der Waals surface area contributed by atoms with E-state index in [4.69, 9.17) is 4.74 Å². The Morgan fingerprint density at radius 2 is 1.53 bits per heavy atom. The van der Waals surface area contributed by atoms with Crippen LogP contribution in [0.5, 0.6) is 5.75 Å². The molecule has 2 amide bonds. The molecule has 34 heavy (non-hydrogen) atoms. The number of ether oxygens (including phenoxy) is 1. The van der Waals surface area contributed by atoms with E-state index in [0.29, 0.717) is 62.1 Å². The summed E-state index contributed by atoms with van der Waals surface area (Å²) in [6.07, 6.45) is 1.41. The Kier molecular flexibility index (Phi) is 8.55. The highest BCUT2D eigenvalue weighted by molar-refractivity contribution is 7.92. The summed E-state index contributed by atoms with van der Waals surface area (Å²) in [5.41, 5.74) is 0.842. The third-order valence-corrected chi connectivity index (χ3v) is 7.08. The van der Waals surface area contributed by atoms with Crippen LogP contribution in [0.15, 0.2) is 53.4 Å². The quantitative estimate of drug-likeness (QED) is 0.583. The van der Waals surface area contributed by atoms with Gasteiger partial charge in [0.25, 0.3) is 15.9 Å². The number of sulfonamides is 1. The number of hydrogen-bond acceptors (Lipinski definition) is 5. The van der Waals surface area contributed by atoms with Gasteiger partial charge in [-0.25, -0.2) is 8.42 Å². The van der Waals surface area contributed by atoms with Crippen molar-refractivity contribution in [2.45, 2.75) is 38.5 Å². The third kappa shape index (κ3) is 6.72. The van der Waals surface area contributed by atoms with Gasteiger partial charge < -0.3 is 14.5 Å². The Labute approximate surface area is 201 Å². The molecule has 0 radical (unpaired) electrons. The molecular weight excluding hydrogens is 454 g/mol. The highest BCUT2D eigenvalue weighted by Gasteiger charge is 2.25. The first-order valence-electron chi connectivity index (χ1n) is 11.6. The number of carbonyl (C=O) groups is 2. The fourth-order valence-corrected chi connectivity index (χ4v) is 4.75. The maximum atomic E-state index is 12.9. The zero-order chi connectivity index (χ0) is 24.7. The molecule has 0 atom stereocenters. The van der Waals surface area contributed by atoms with Crippen LogP contribution >= 0.6 is 0 Å². The molecule has 2 aromatic rings. The third-order valence-electron chi connectivity index (χ3n) is 5.68. The largest absolute Gasteiger partial charge is 0.494 e. The summed E-state index contributed by atoms with van der Waals surface area (Å²) in [5, 5.41) is 0. The number of carbonyl (C=O) groups excluding carboxylic acids is 2. The Morgan fingerprint density at radius 1 is 0.941 bits per heavy atom. The number of amides is 2. The summed E-state index contributed by atoms with van der Waals surface area (Å²) in [6, 6.07) is 12.6. The average Bonchev–Trinajstić information content (AvgIpc) is 2.83. The minimum Gasteiger partial charge on any atom is -0.494 e. The molecule has 1 aliphatic rings. The molecule has 2 aromatic carbocycles. The molecule has 9 heteroatoms. The fourth-order valence-electron chi connectivity index (χ4n) is 3.69. The molecule has 8 nitrogen and oxygen atoms in total. The van der Waals surface area contributed by atoms with E-state index in [1.807, 2.05) is 11.8 Å². The van der Waals surface area contributed by atoms with E-state index in [1.165, 1.54) is 12.1 Å². The van der Waals surface area contributed by atoms with E-state index < -0.39 is 10.0 Å². The smallest absolute Gasteiger partial charge is 0.261 e. The number of piperazine rings is 1. The van der Waals surface area contributed by atoms with Gasteiger partial charge in [0.15, 0.2) is 0 Å². The number of hydrogen-bond donors (Lipinski definition) is 1. The van der Waals surface area contributed by atoms with E-state index >= 15 is 0 Å². The lowest BCUT2D eigenvalue weighted by atomic mass is 10.1. The molecule has 0 bridgehead atoms. The second-order valence-electron chi connectivity index (χ2n) is 8.69. The number of nitrogens with zero attached hydrogens (tertiary/aromatic N) is 2. The number of nitrogens with one attached hydrogen (secondary N) is 1. The van der Waals surface area contributed by atoms with Crippen LogP contribution in [0, 0.1) is 5.92 Å². The van der Waals surface area contributed by atoms with Gasteiger partial charge in [0, 0.05) is 43.9 Å². The molecule has 1 fully saturated rings. The topological polar surface area (TPSA) is 96.0 Å². The van der Waals surface area contributed by atoms with Crippen LogP contribution in [-0.4, -0.2) is 62.8 Å². The zero-order valence-electron chi connectivity index (χ0n) is 20.0. The van der Waals surface area contributed by atoms with E-state index in [-0.39, 0.29) is 16.7 Å². The minimum absolute atomic E-state index is 0.122. The van der Waals surface area contributed by atoms with E-state index in [9.17, 15) is 18.0 Å². The van der Waals surface area contributed by atoms with Crippen molar-refractivity contribution in [3.63, 3.8) is 0 Å². The van der Waals surface area contributed by atoms with E-state index in [2.05, 4.69) is 18.6 Å². The zero-order valence-corrected chi connectivity index (χ0v) is 20.8. The van der Waals surface area contributed by atoms with Gasteiger partial charge in [0.1, 0.15) is 5.75 Å². The van der Waals surface area contributed by atoms with Gasteiger partial charge >= 0.3 is 0 Å². The number of rotatable bonds is 9. The van der Waals surface area contributed by atoms with Crippen molar-refractivity contribution in [1.29, 1.82) is 0 Å². The molecule has 1 heterocycles. The Hall–Kier alpha value is -3.07. The van der Waals surface area contributed by atoms with Crippen LogP contribution in [-0.2, 0) is 14.8 Å². The molecule has 3 rings (SSSR count). The van der Waals surface area contributed by atoms with Crippen molar-refractivity contribution < 1.29 is 22.7 Å². The molecule has 1 saturated heterocycles. The molecule has 1 aliphatic heterocycles. The SMILES string of the molecule is CCOc1ccc(S(=O)(=O)Nc2ccc(C(=O)N3CCN(C(=O)CCC(C)C)CC3)cc2)cc1. The number of anilines is 1. The summed E-state index contributed by atoms with van der Waals surface area (Å²) in [4.78, 5) is 28.8. The predicted octanol–water partition coefficient (Wildman–Crippen LogP) is 3.61. The van der Waals surface area contributed by atoms with Gasteiger partial charge in [-0.2, -0.15) is 0 Å². The molecule has 0 saturated carbocycles. The first-order valence-corrected chi connectivity index (χ1v) is 13.1. The van der Waals surface area contributed by atoms with Crippen LogP contribution in [0.1, 0.15) is 44.0 Å². The maximum Gasteiger partial charge on any atom is 0.261 e. The molecule has 0 aliphatic carbocycles. The van der Waals surface area contributed by atoms with Gasteiger partial charge in [-0.15, -0.1) is 0 Å². The number of benzene rings is 2. The highest BCUT2D eigenvalue weighted by atomic mass is 32.2. The van der Waals surface area contributed by atoms with Crippen LogP contribution in [0.25, 0.3) is 0 Å². The van der Waals surface area contributed by atoms with Crippen molar-refractivity contribution >= 4 is 27.5 Å². The standard InChI is InChI=1S/C25H33N3O5S/c1-4-33-22-10-12-23(13-11-22)34(31,32)26-21-8-6-20(7-9-21)25(30)28-17-15-27(16-18-28)24(29)14-5-19(2)3/h6-13,19,26H,4-5,14-18H2,1-3H3. The molecule has 184 valence electrons. The first kappa shape index (κ1) is 25.6. The second kappa shape index (κ2) is 11.4. The first-order chi connectivity index (χ1) is 16.2. The van der Waals surface area contributed by atoms with Crippen LogP contribution in [0.4, 0.5) is 5.69 Å². The van der Waals surface area contributed by atoms with Gasteiger partial charge in [0.05, 0.1) is 11.5 Å². The lowest BCUT2D eigenvalue weighted by Crippen LogP contribution is -2.50. The predicted molar refractivity (Wildman–Crippen MR) is 131 cm³/mol. The fraction of sp³-hybridized carbons (Fsp3) is 0.440. The van der Waals surface area contributed by atoms with E-state index in [1.54, 1.807) is 41.3 Å². The van der Waals surface area contributed by atoms with Crippen LogP contribution in [0.2, 0.25) is 0 Å². The average molecular weight is 488 g/mol. The van der Waals surface area contributed by atoms with Gasteiger partial charge in [-0.05, 0) is 67.8 Å². The summed E-state index contributed by atoms with van der Waals surface area (Å²) >= 11 is 0. The van der Waals surface area contributed by atoms with Gasteiger partial charge in [0.2, 0.25) is 5.91 Å². The van der Waals surface area contributed by atoms with Gasteiger partial charge in [-0.3, -0.25) is 14.3 Å². The van der Waals surface area contributed by atoms with E-state index in [0.717, 1.165) is 6.42 Å². The second-order valence-corrected chi connectivity index (χ2v) is 10.4. The van der Waals surface area contributed by atoms with Crippen molar-refractivity contribution in [2.24, 2.45) is 5.92 Å². The lowest BCUT2D eigenvalue weighted by molar-refractivity contribution is -0.132. The van der Waals surface area contributed by atoms with Crippen LogP contribution in [0.3, 0.4) is 0 Å². The Bertz CT molecular complexity index is 1070. The normalized spacial score (nSPS) is 14.2. The molecule has 0 aromatic heterocycles. The van der Waals surface area contributed by atoms with Crippen molar-refractivity contribution in [3.05, 3.63) is 54.1 Å². The van der Waals surface area contributed by atoms with Gasteiger partial charge in [-0.1, -0.05) is 13.8 Å². The Balaban J connectivity index is 1.56. The maximum absolute atomic E-state index is 12.9. The summed E-state index contributed by atoms with van der Waals surface area (Å²) in [7, 11) is -3.76. The van der Waals surface area contributed by atoms with Crippen LogP contribution < -0.4 is 9.46 Å². The molecular formula is C25H33N3O5S. The lowest BCUT2D eigenvalue weighted by Gasteiger charge is -2.35. The summed E-state index contributed by atoms with van der Waals surface area (Å²) in [5.74, 6) is 1.10.